The van der Waals surface area contributed by atoms with Crippen molar-refractivity contribution in [2.45, 2.75) is 58.5 Å². The monoisotopic (exact) mass is 542 g/mol. The van der Waals surface area contributed by atoms with Gasteiger partial charge in [0, 0.05) is 12.3 Å². The van der Waals surface area contributed by atoms with Crippen LogP contribution in [0.15, 0.2) is 91.0 Å². The highest BCUT2D eigenvalue weighted by molar-refractivity contribution is 5.99. The summed E-state index contributed by atoms with van der Waals surface area (Å²) in [6.07, 6.45) is 1.90. The molecular formula is C33H38N2O5. The first-order valence-corrected chi connectivity index (χ1v) is 13.7. The van der Waals surface area contributed by atoms with Gasteiger partial charge in [0.05, 0.1) is 5.56 Å². The van der Waals surface area contributed by atoms with Gasteiger partial charge in [-0.1, -0.05) is 99.6 Å². The van der Waals surface area contributed by atoms with Crippen LogP contribution in [0.25, 0.3) is 0 Å². The van der Waals surface area contributed by atoms with Crippen LogP contribution in [0.5, 0.6) is 0 Å². The molecule has 0 aliphatic rings. The van der Waals surface area contributed by atoms with Crippen molar-refractivity contribution in [1.82, 2.24) is 10.6 Å². The zero-order valence-electron chi connectivity index (χ0n) is 23.3. The molecule has 0 spiro atoms. The molecule has 3 aromatic rings. The van der Waals surface area contributed by atoms with Crippen LogP contribution in [0.3, 0.4) is 0 Å². The average molecular weight is 543 g/mol. The van der Waals surface area contributed by atoms with Gasteiger partial charge in [0.25, 0.3) is 0 Å². The number of hydrogen-bond acceptors (Lipinski definition) is 5. The molecule has 7 nitrogen and oxygen atoms in total. The fourth-order valence-corrected chi connectivity index (χ4v) is 4.29. The van der Waals surface area contributed by atoms with E-state index < -0.39 is 29.9 Å². The Bertz CT molecular complexity index is 1250. The van der Waals surface area contributed by atoms with Gasteiger partial charge < -0.3 is 15.4 Å². The van der Waals surface area contributed by atoms with Crippen molar-refractivity contribution in [1.29, 1.82) is 0 Å². The van der Waals surface area contributed by atoms with E-state index in [4.69, 9.17) is 4.74 Å². The third-order valence-corrected chi connectivity index (χ3v) is 6.58. The molecule has 0 fully saturated rings. The van der Waals surface area contributed by atoms with Crippen molar-refractivity contribution in [3.05, 3.63) is 108 Å². The van der Waals surface area contributed by atoms with Crippen molar-refractivity contribution in [2.24, 2.45) is 11.8 Å². The standard InChI is InChI=1S/C33H38N2O5/c1-23(2)21-28(34-30(36)24(3)19-20-25-13-7-4-8-14-25)31(37)35-29(22-26-15-9-5-10-16-26)33(39)40-32(38)27-17-11-6-12-18-27/h4-18,23-24,28-29H,19-22H2,1-3H3,(H,34,36)(H,35,37)/t24-,28-,29-/m0/s1. The Labute approximate surface area is 236 Å². The molecule has 0 unspecified atom stereocenters. The van der Waals surface area contributed by atoms with Gasteiger partial charge in [0.2, 0.25) is 11.8 Å². The smallest absolute Gasteiger partial charge is 0.345 e. The SMILES string of the molecule is CC(C)C[C@H](NC(=O)[C@@H](C)CCc1ccccc1)C(=O)N[C@@H](Cc1ccccc1)C(=O)OC(=O)c1ccccc1. The van der Waals surface area contributed by atoms with Gasteiger partial charge in [-0.05, 0) is 48.4 Å². The van der Waals surface area contributed by atoms with Crippen LogP contribution in [0, 0.1) is 11.8 Å². The molecule has 0 heterocycles. The molecule has 3 rings (SSSR count). The quantitative estimate of drug-likeness (QED) is 0.236. The third-order valence-electron chi connectivity index (χ3n) is 6.58. The van der Waals surface area contributed by atoms with Crippen LogP contribution in [-0.4, -0.2) is 35.8 Å². The number of carbonyl (C=O) groups excluding carboxylic acids is 4. The Hall–Kier alpha value is -4.26. The van der Waals surface area contributed by atoms with E-state index in [-0.39, 0.29) is 29.7 Å². The molecule has 0 aliphatic carbocycles. The van der Waals surface area contributed by atoms with Crippen LogP contribution in [0.1, 0.15) is 55.1 Å². The lowest BCUT2D eigenvalue weighted by molar-refractivity contribution is -0.143. The van der Waals surface area contributed by atoms with E-state index in [1.54, 1.807) is 30.3 Å². The highest BCUT2D eigenvalue weighted by atomic mass is 16.6. The van der Waals surface area contributed by atoms with Crippen LogP contribution in [0.4, 0.5) is 0 Å². The molecule has 2 amide bonds. The number of aryl methyl sites for hydroxylation is 1. The largest absolute Gasteiger partial charge is 0.388 e. The number of esters is 2. The van der Waals surface area contributed by atoms with Gasteiger partial charge in [-0.15, -0.1) is 0 Å². The number of nitrogens with one attached hydrogen (secondary N) is 2. The van der Waals surface area contributed by atoms with Gasteiger partial charge in [-0.25, -0.2) is 9.59 Å². The fourth-order valence-electron chi connectivity index (χ4n) is 4.29. The lowest BCUT2D eigenvalue weighted by Gasteiger charge is -2.25. The van der Waals surface area contributed by atoms with Gasteiger partial charge >= 0.3 is 11.9 Å². The molecule has 7 heteroatoms. The molecule has 2 N–H and O–H groups in total. The first kappa shape index (κ1) is 30.3. The molecule has 0 aliphatic heterocycles. The highest BCUT2D eigenvalue weighted by Gasteiger charge is 2.30. The van der Waals surface area contributed by atoms with Gasteiger partial charge in [0.15, 0.2) is 0 Å². The predicted molar refractivity (Wildman–Crippen MR) is 154 cm³/mol. The Morgan fingerprint density at radius 2 is 1.20 bits per heavy atom. The molecule has 0 aromatic heterocycles. The van der Waals surface area contributed by atoms with Gasteiger partial charge in [-0.3, -0.25) is 9.59 Å². The first-order chi connectivity index (χ1) is 19.2. The summed E-state index contributed by atoms with van der Waals surface area (Å²) in [4.78, 5) is 52.2. The number of carbonyl (C=O) groups is 4. The second kappa shape index (κ2) is 15.4. The molecule has 0 radical (unpaired) electrons. The van der Waals surface area contributed by atoms with E-state index in [9.17, 15) is 19.2 Å². The van der Waals surface area contributed by atoms with Crippen molar-refractivity contribution >= 4 is 23.8 Å². The minimum absolute atomic E-state index is 0.106. The van der Waals surface area contributed by atoms with Crippen LogP contribution >= 0.6 is 0 Å². The van der Waals surface area contributed by atoms with Crippen molar-refractivity contribution in [3.8, 4) is 0 Å². The lowest BCUT2D eigenvalue weighted by atomic mass is 9.98. The van der Waals surface area contributed by atoms with E-state index in [2.05, 4.69) is 10.6 Å². The topological polar surface area (TPSA) is 102 Å². The number of benzene rings is 3. The Kier molecular flexibility index (Phi) is 11.6. The van der Waals surface area contributed by atoms with Crippen LogP contribution < -0.4 is 10.6 Å². The summed E-state index contributed by atoms with van der Waals surface area (Å²) in [5.74, 6) is -2.58. The fraction of sp³-hybridized carbons (Fsp3) is 0.333. The summed E-state index contributed by atoms with van der Waals surface area (Å²) in [5.41, 5.74) is 2.16. The van der Waals surface area contributed by atoms with E-state index in [0.29, 0.717) is 12.8 Å². The normalized spacial score (nSPS) is 13.1. The lowest BCUT2D eigenvalue weighted by Crippen LogP contribution is -2.53. The van der Waals surface area contributed by atoms with Gasteiger partial charge in [-0.2, -0.15) is 0 Å². The van der Waals surface area contributed by atoms with Crippen LogP contribution in [-0.2, 0) is 32.0 Å². The summed E-state index contributed by atoms with van der Waals surface area (Å²) in [7, 11) is 0. The number of hydrogen-bond donors (Lipinski definition) is 2. The summed E-state index contributed by atoms with van der Waals surface area (Å²) in [6, 6.07) is 25.3. The molecular weight excluding hydrogens is 504 g/mol. The Morgan fingerprint density at radius 1 is 0.675 bits per heavy atom. The summed E-state index contributed by atoms with van der Waals surface area (Å²) in [5, 5.41) is 5.64. The predicted octanol–water partition coefficient (Wildman–Crippen LogP) is 4.90. The highest BCUT2D eigenvalue weighted by Crippen LogP contribution is 2.13. The number of rotatable bonds is 13. The van der Waals surface area contributed by atoms with Crippen molar-refractivity contribution < 1.29 is 23.9 Å². The molecule has 210 valence electrons. The van der Waals surface area contributed by atoms with E-state index in [0.717, 1.165) is 17.5 Å². The Balaban J connectivity index is 1.70. The average Bonchev–Trinajstić information content (AvgIpc) is 2.96. The molecule has 40 heavy (non-hydrogen) atoms. The second-order valence-electron chi connectivity index (χ2n) is 10.4. The first-order valence-electron chi connectivity index (χ1n) is 13.7. The maximum absolute atomic E-state index is 13.5. The molecule has 0 saturated heterocycles. The molecule has 3 aromatic carbocycles. The summed E-state index contributed by atoms with van der Waals surface area (Å²) in [6.45, 7) is 5.76. The summed E-state index contributed by atoms with van der Waals surface area (Å²) >= 11 is 0. The number of ether oxygens (including phenoxy) is 1. The third kappa shape index (κ3) is 9.80. The minimum atomic E-state index is -1.12. The van der Waals surface area contributed by atoms with Crippen molar-refractivity contribution in [3.63, 3.8) is 0 Å². The maximum Gasteiger partial charge on any atom is 0.345 e. The van der Waals surface area contributed by atoms with E-state index >= 15 is 0 Å². The zero-order chi connectivity index (χ0) is 28.9. The van der Waals surface area contributed by atoms with Crippen LogP contribution in [0.2, 0.25) is 0 Å². The minimum Gasteiger partial charge on any atom is -0.388 e. The zero-order valence-corrected chi connectivity index (χ0v) is 23.3. The van der Waals surface area contributed by atoms with E-state index in [1.807, 2.05) is 81.4 Å². The van der Waals surface area contributed by atoms with Gasteiger partial charge in [0.1, 0.15) is 12.1 Å². The van der Waals surface area contributed by atoms with E-state index in [1.165, 1.54) is 0 Å². The Morgan fingerprint density at radius 3 is 1.77 bits per heavy atom. The number of amides is 2. The van der Waals surface area contributed by atoms with Crippen molar-refractivity contribution in [2.75, 3.05) is 0 Å². The second-order valence-corrected chi connectivity index (χ2v) is 10.4. The molecule has 3 atom stereocenters. The summed E-state index contributed by atoms with van der Waals surface area (Å²) < 4.78 is 5.15. The maximum atomic E-state index is 13.5. The molecule has 0 bridgehead atoms. The molecule has 0 saturated carbocycles.